The first kappa shape index (κ1) is 31.0. The Balaban J connectivity index is 2.15. The van der Waals surface area contributed by atoms with Crippen molar-refractivity contribution in [2.75, 3.05) is 26.4 Å². The van der Waals surface area contributed by atoms with Crippen LogP contribution in [-0.2, 0) is 23.9 Å². The zero-order valence-corrected chi connectivity index (χ0v) is 23.0. The number of fused-ring (bicyclic) bond motifs is 1. The van der Waals surface area contributed by atoms with E-state index >= 15 is 0 Å². The van der Waals surface area contributed by atoms with Crippen molar-refractivity contribution < 1.29 is 39.2 Å². The zero-order chi connectivity index (χ0) is 27.6. The van der Waals surface area contributed by atoms with Gasteiger partial charge in [0.2, 0.25) is 0 Å². The minimum atomic E-state index is -1.04. The molecule has 0 spiro atoms. The molecule has 8 nitrogen and oxygen atoms in total. The highest BCUT2D eigenvalue weighted by Gasteiger charge is 2.56. The Morgan fingerprint density at radius 3 is 2.51 bits per heavy atom. The first-order valence-corrected chi connectivity index (χ1v) is 13.6. The van der Waals surface area contributed by atoms with Crippen molar-refractivity contribution >= 4 is 17.9 Å². The molecule has 0 aromatic carbocycles. The van der Waals surface area contributed by atoms with Crippen LogP contribution in [0.4, 0.5) is 0 Å². The summed E-state index contributed by atoms with van der Waals surface area (Å²) in [5, 5.41) is 29.2. The second-order valence-corrected chi connectivity index (χ2v) is 11.2. The minimum Gasteiger partial charge on any atom is -0.481 e. The molecule has 210 valence electrons. The van der Waals surface area contributed by atoms with Crippen molar-refractivity contribution in [1.82, 2.24) is 0 Å². The van der Waals surface area contributed by atoms with Crippen molar-refractivity contribution in [2.24, 2.45) is 28.6 Å². The number of carboxylic acid groups (broad SMARTS) is 1. The summed E-state index contributed by atoms with van der Waals surface area (Å²) in [4.78, 5) is 35.0. The van der Waals surface area contributed by atoms with Gasteiger partial charge >= 0.3 is 17.9 Å². The Kier molecular flexibility index (Phi) is 11.8. The normalized spacial score (nSPS) is 28.6. The summed E-state index contributed by atoms with van der Waals surface area (Å²) in [5.41, 5.74) is 0.934. The minimum absolute atomic E-state index is 0.0290. The Bertz CT molecular complexity index is 862. The molecule has 0 saturated heterocycles. The Morgan fingerprint density at radius 2 is 1.89 bits per heavy atom. The first-order valence-electron chi connectivity index (χ1n) is 13.6. The summed E-state index contributed by atoms with van der Waals surface area (Å²) in [6.45, 7) is 8.42. The standard InChI is InChI=1S/C29H46O8/c1-5-20(2)27(35)37-17-22(13-16-30)12-14-28(4)21(3)11-15-29(19-31)23(7-6-8-24(28)29)18-36-26(34)10-9-25(32)33/h5,7,21-22,24,30-31H,6,8-19H2,1-4H3,(H,32,33)/b20-5-/t21-,22+,24+,28-,29+/m1/s1. The summed E-state index contributed by atoms with van der Waals surface area (Å²) in [6.07, 6.45) is 9.10. The Hall–Kier alpha value is -2.19. The van der Waals surface area contributed by atoms with Crippen LogP contribution in [0.5, 0.6) is 0 Å². The number of hydrogen-bond donors (Lipinski definition) is 3. The van der Waals surface area contributed by atoms with Gasteiger partial charge in [0.25, 0.3) is 0 Å². The average Bonchev–Trinajstić information content (AvgIpc) is 2.89. The first-order chi connectivity index (χ1) is 17.5. The molecule has 2 aliphatic rings. The Labute approximate surface area is 221 Å². The number of carbonyl (C=O) groups is 3. The lowest BCUT2D eigenvalue weighted by molar-refractivity contribution is -0.148. The zero-order valence-electron chi connectivity index (χ0n) is 23.0. The van der Waals surface area contributed by atoms with Gasteiger partial charge in [0, 0.05) is 17.6 Å². The molecule has 0 aromatic rings. The van der Waals surface area contributed by atoms with Gasteiger partial charge in [-0.2, -0.15) is 0 Å². The smallest absolute Gasteiger partial charge is 0.333 e. The van der Waals surface area contributed by atoms with Gasteiger partial charge in [0.1, 0.15) is 6.61 Å². The maximum absolute atomic E-state index is 12.1. The van der Waals surface area contributed by atoms with Crippen molar-refractivity contribution in [3.8, 4) is 0 Å². The predicted octanol–water partition coefficient (Wildman–Crippen LogP) is 4.43. The molecule has 0 radical (unpaired) electrons. The second kappa shape index (κ2) is 14.1. The van der Waals surface area contributed by atoms with Crippen LogP contribution < -0.4 is 0 Å². The molecule has 8 heteroatoms. The quantitative estimate of drug-likeness (QED) is 0.173. The number of rotatable bonds is 14. The number of carboxylic acids is 1. The fraction of sp³-hybridized carbons (Fsp3) is 0.759. The van der Waals surface area contributed by atoms with Crippen LogP contribution in [-0.4, -0.2) is 59.7 Å². The third-order valence-electron chi connectivity index (χ3n) is 9.15. The van der Waals surface area contributed by atoms with Gasteiger partial charge in [-0.15, -0.1) is 0 Å². The van der Waals surface area contributed by atoms with E-state index in [2.05, 4.69) is 19.9 Å². The molecule has 0 aliphatic heterocycles. The third kappa shape index (κ3) is 7.66. The van der Waals surface area contributed by atoms with E-state index in [0.717, 1.165) is 44.1 Å². The van der Waals surface area contributed by atoms with Gasteiger partial charge in [0.15, 0.2) is 0 Å². The molecule has 0 heterocycles. The summed E-state index contributed by atoms with van der Waals surface area (Å²) in [7, 11) is 0. The van der Waals surface area contributed by atoms with Crippen LogP contribution in [0, 0.1) is 28.6 Å². The SMILES string of the molecule is C/C=C(/C)C(=O)OC[C@H](CCO)CC[C@]1(C)[C@H](C)CC[C@]2(CO)C(COC(=O)CCC(=O)O)=CCC[C@H]21. The molecule has 1 fully saturated rings. The number of esters is 2. The topological polar surface area (TPSA) is 130 Å². The average molecular weight is 523 g/mol. The Morgan fingerprint density at radius 1 is 1.16 bits per heavy atom. The monoisotopic (exact) mass is 522 g/mol. The molecule has 2 aliphatic carbocycles. The fourth-order valence-electron chi connectivity index (χ4n) is 6.36. The van der Waals surface area contributed by atoms with Crippen LogP contribution in [0.25, 0.3) is 0 Å². The van der Waals surface area contributed by atoms with Crippen LogP contribution >= 0.6 is 0 Å². The lowest BCUT2D eigenvalue weighted by atomic mass is 9.46. The molecule has 0 amide bonds. The van der Waals surface area contributed by atoms with Gasteiger partial charge in [-0.1, -0.05) is 26.0 Å². The predicted molar refractivity (Wildman–Crippen MR) is 139 cm³/mol. The molecule has 3 N–H and O–H groups in total. The number of hydrogen-bond acceptors (Lipinski definition) is 7. The van der Waals surface area contributed by atoms with E-state index in [1.807, 2.05) is 0 Å². The number of aliphatic hydroxyl groups excluding tert-OH is 2. The molecule has 1 saturated carbocycles. The van der Waals surface area contributed by atoms with E-state index in [9.17, 15) is 24.6 Å². The van der Waals surface area contributed by atoms with Crippen molar-refractivity contribution in [1.29, 1.82) is 0 Å². The number of ether oxygens (including phenoxy) is 2. The summed E-state index contributed by atoms with van der Waals surface area (Å²) < 4.78 is 11.0. The van der Waals surface area contributed by atoms with Crippen LogP contribution in [0.3, 0.4) is 0 Å². The van der Waals surface area contributed by atoms with E-state index < -0.39 is 17.4 Å². The number of carbonyl (C=O) groups excluding carboxylic acids is 2. The molecule has 37 heavy (non-hydrogen) atoms. The molecule has 0 bridgehead atoms. The molecule has 2 rings (SSSR count). The van der Waals surface area contributed by atoms with E-state index in [-0.39, 0.29) is 62.5 Å². The van der Waals surface area contributed by atoms with Gasteiger partial charge in [-0.25, -0.2) is 4.79 Å². The number of aliphatic hydroxyl groups is 2. The van der Waals surface area contributed by atoms with Crippen molar-refractivity contribution in [3.63, 3.8) is 0 Å². The van der Waals surface area contributed by atoms with Crippen molar-refractivity contribution in [2.45, 2.75) is 85.5 Å². The molecular weight excluding hydrogens is 476 g/mol. The van der Waals surface area contributed by atoms with E-state index in [1.54, 1.807) is 19.9 Å². The van der Waals surface area contributed by atoms with Crippen LogP contribution in [0.1, 0.15) is 85.5 Å². The number of aliphatic carboxylic acids is 1. The van der Waals surface area contributed by atoms with Crippen LogP contribution in [0.15, 0.2) is 23.3 Å². The van der Waals surface area contributed by atoms with Gasteiger partial charge in [-0.3, -0.25) is 9.59 Å². The lowest BCUT2D eigenvalue weighted by Crippen LogP contribution is -2.53. The number of allylic oxidation sites excluding steroid dienone is 2. The summed E-state index contributed by atoms with van der Waals surface area (Å²) in [6, 6.07) is 0. The third-order valence-corrected chi connectivity index (χ3v) is 9.15. The highest BCUT2D eigenvalue weighted by Crippen LogP contribution is 2.62. The highest BCUT2D eigenvalue weighted by molar-refractivity contribution is 5.87. The lowest BCUT2D eigenvalue weighted by Gasteiger charge is -2.59. The molecule has 0 unspecified atom stereocenters. The maximum Gasteiger partial charge on any atom is 0.333 e. The highest BCUT2D eigenvalue weighted by atomic mass is 16.5. The maximum atomic E-state index is 12.1. The molecule has 5 atom stereocenters. The van der Waals surface area contributed by atoms with E-state index in [1.165, 1.54) is 0 Å². The summed E-state index contributed by atoms with van der Waals surface area (Å²) >= 11 is 0. The second-order valence-electron chi connectivity index (χ2n) is 11.2. The summed E-state index contributed by atoms with van der Waals surface area (Å²) in [5.74, 6) is -1.26. The van der Waals surface area contributed by atoms with E-state index in [0.29, 0.717) is 17.9 Å². The van der Waals surface area contributed by atoms with Crippen LogP contribution in [0.2, 0.25) is 0 Å². The fourth-order valence-corrected chi connectivity index (χ4v) is 6.36. The van der Waals surface area contributed by atoms with Crippen molar-refractivity contribution in [3.05, 3.63) is 23.3 Å². The largest absolute Gasteiger partial charge is 0.481 e. The molecular formula is C29H46O8. The van der Waals surface area contributed by atoms with E-state index in [4.69, 9.17) is 14.6 Å². The van der Waals surface area contributed by atoms with Gasteiger partial charge in [-0.05, 0) is 87.5 Å². The van der Waals surface area contributed by atoms with Gasteiger partial charge < -0.3 is 24.8 Å². The van der Waals surface area contributed by atoms with Gasteiger partial charge in [0.05, 0.1) is 26.1 Å². The molecule has 0 aromatic heterocycles.